The Balaban J connectivity index is 1.66. The van der Waals surface area contributed by atoms with E-state index >= 15 is 0 Å². The number of nitrogens with zero attached hydrogens (tertiary/aromatic N) is 1. The Hall–Kier alpha value is -1.17. The number of halogens is 1. The number of thiophene rings is 1. The van der Waals surface area contributed by atoms with Crippen LogP contribution in [0.2, 0.25) is 0 Å². The van der Waals surface area contributed by atoms with Crippen LogP contribution >= 0.6 is 27.3 Å². The Morgan fingerprint density at radius 2 is 2.33 bits per heavy atom. The van der Waals surface area contributed by atoms with E-state index in [2.05, 4.69) is 48.7 Å². The third kappa shape index (κ3) is 2.48. The second-order valence-electron chi connectivity index (χ2n) is 4.05. The van der Waals surface area contributed by atoms with Crippen LogP contribution in [0.4, 0.5) is 0 Å². The van der Waals surface area contributed by atoms with Crippen molar-refractivity contribution in [2.75, 3.05) is 0 Å². The van der Waals surface area contributed by atoms with Gasteiger partial charge in [0.2, 0.25) is 0 Å². The first-order valence-corrected chi connectivity index (χ1v) is 7.35. The second kappa shape index (κ2) is 5.22. The van der Waals surface area contributed by atoms with Crippen LogP contribution in [0, 0.1) is 0 Å². The summed E-state index contributed by atoms with van der Waals surface area (Å²) >= 11 is 5.23. The number of aromatic amines is 1. The SMILES string of the molecule is Brc1csc(CNCc2c[nH]c3ncccc23)c1. The lowest BCUT2D eigenvalue weighted by molar-refractivity contribution is 0.704. The summed E-state index contributed by atoms with van der Waals surface area (Å²) in [6.45, 7) is 1.74. The van der Waals surface area contributed by atoms with Crippen LogP contribution in [-0.4, -0.2) is 9.97 Å². The highest BCUT2D eigenvalue weighted by molar-refractivity contribution is 9.10. The van der Waals surface area contributed by atoms with Gasteiger partial charge >= 0.3 is 0 Å². The topological polar surface area (TPSA) is 40.7 Å². The van der Waals surface area contributed by atoms with E-state index in [0.717, 1.165) is 23.2 Å². The van der Waals surface area contributed by atoms with Crippen LogP contribution in [0.5, 0.6) is 0 Å². The lowest BCUT2D eigenvalue weighted by Crippen LogP contribution is -2.11. The summed E-state index contributed by atoms with van der Waals surface area (Å²) in [5.74, 6) is 0. The highest BCUT2D eigenvalue weighted by Crippen LogP contribution is 2.20. The average Bonchev–Trinajstić information content (AvgIpc) is 2.97. The first kappa shape index (κ1) is 11.9. The van der Waals surface area contributed by atoms with Crippen molar-refractivity contribution in [3.63, 3.8) is 0 Å². The molecule has 5 heteroatoms. The van der Waals surface area contributed by atoms with E-state index in [-0.39, 0.29) is 0 Å². The van der Waals surface area contributed by atoms with Gasteiger partial charge in [0.05, 0.1) is 0 Å². The highest BCUT2D eigenvalue weighted by Gasteiger charge is 2.03. The summed E-state index contributed by atoms with van der Waals surface area (Å²) in [7, 11) is 0. The molecule has 0 aliphatic heterocycles. The molecule has 0 saturated heterocycles. The van der Waals surface area contributed by atoms with E-state index in [0.29, 0.717) is 0 Å². The Labute approximate surface area is 117 Å². The number of aromatic nitrogens is 2. The molecule has 0 aliphatic rings. The molecule has 3 rings (SSSR count). The molecule has 0 spiro atoms. The van der Waals surface area contributed by atoms with E-state index in [9.17, 15) is 0 Å². The van der Waals surface area contributed by atoms with Crippen molar-refractivity contribution >= 4 is 38.3 Å². The van der Waals surface area contributed by atoms with Crippen LogP contribution in [0.1, 0.15) is 10.4 Å². The summed E-state index contributed by atoms with van der Waals surface area (Å²) in [5.41, 5.74) is 2.21. The predicted molar refractivity (Wildman–Crippen MR) is 78.7 cm³/mol. The number of fused-ring (bicyclic) bond motifs is 1. The van der Waals surface area contributed by atoms with Gasteiger partial charge < -0.3 is 10.3 Å². The molecule has 0 bridgehead atoms. The minimum Gasteiger partial charge on any atom is -0.346 e. The molecular weight excluding hydrogens is 310 g/mol. The molecule has 3 aromatic heterocycles. The summed E-state index contributed by atoms with van der Waals surface area (Å²) < 4.78 is 1.15. The highest BCUT2D eigenvalue weighted by atomic mass is 79.9. The van der Waals surface area contributed by atoms with Gasteiger partial charge in [0, 0.05) is 45.6 Å². The fraction of sp³-hybridized carbons (Fsp3) is 0.154. The molecule has 3 heterocycles. The minimum atomic E-state index is 0.848. The van der Waals surface area contributed by atoms with Crippen molar-refractivity contribution in [1.82, 2.24) is 15.3 Å². The van der Waals surface area contributed by atoms with Gasteiger partial charge in [-0.25, -0.2) is 4.98 Å². The van der Waals surface area contributed by atoms with Crippen LogP contribution in [-0.2, 0) is 13.1 Å². The third-order valence-corrected chi connectivity index (χ3v) is 4.47. The number of rotatable bonds is 4. The molecular formula is C13H12BrN3S. The molecule has 0 atom stereocenters. The molecule has 0 aliphatic carbocycles. The van der Waals surface area contributed by atoms with E-state index in [1.807, 2.05) is 12.3 Å². The van der Waals surface area contributed by atoms with E-state index < -0.39 is 0 Å². The number of H-pyrrole nitrogens is 1. The maximum atomic E-state index is 4.28. The van der Waals surface area contributed by atoms with Crippen LogP contribution in [0.15, 0.2) is 40.4 Å². The summed E-state index contributed by atoms with van der Waals surface area (Å²) in [5, 5.41) is 6.75. The van der Waals surface area contributed by atoms with Gasteiger partial charge in [-0.1, -0.05) is 0 Å². The van der Waals surface area contributed by atoms with Crippen molar-refractivity contribution < 1.29 is 0 Å². The van der Waals surface area contributed by atoms with Crippen molar-refractivity contribution in [2.45, 2.75) is 13.1 Å². The van der Waals surface area contributed by atoms with E-state index in [1.165, 1.54) is 15.8 Å². The van der Waals surface area contributed by atoms with Crippen LogP contribution in [0.3, 0.4) is 0 Å². The molecule has 0 aromatic carbocycles. The van der Waals surface area contributed by atoms with Gasteiger partial charge in [0.15, 0.2) is 0 Å². The molecule has 92 valence electrons. The number of hydrogen-bond donors (Lipinski definition) is 2. The van der Waals surface area contributed by atoms with Gasteiger partial charge in [-0.15, -0.1) is 11.3 Å². The molecule has 0 amide bonds. The summed E-state index contributed by atoms with van der Waals surface area (Å²) in [6.07, 6.45) is 3.83. The molecule has 2 N–H and O–H groups in total. The zero-order chi connectivity index (χ0) is 12.4. The van der Waals surface area contributed by atoms with E-state index in [4.69, 9.17) is 0 Å². The lowest BCUT2D eigenvalue weighted by Gasteiger charge is -2.01. The van der Waals surface area contributed by atoms with Crippen molar-refractivity contribution in [3.8, 4) is 0 Å². The van der Waals surface area contributed by atoms with Gasteiger partial charge in [-0.2, -0.15) is 0 Å². The molecule has 3 aromatic rings. The van der Waals surface area contributed by atoms with Gasteiger partial charge in [0.25, 0.3) is 0 Å². The van der Waals surface area contributed by atoms with Gasteiger partial charge in [-0.3, -0.25) is 0 Å². The Morgan fingerprint density at radius 1 is 1.39 bits per heavy atom. The van der Waals surface area contributed by atoms with Crippen molar-refractivity contribution in [1.29, 1.82) is 0 Å². The van der Waals surface area contributed by atoms with E-state index in [1.54, 1.807) is 17.5 Å². The van der Waals surface area contributed by atoms with Crippen LogP contribution in [0.25, 0.3) is 11.0 Å². The molecule has 0 fully saturated rings. The molecule has 3 nitrogen and oxygen atoms in total. The smallest absolute Gasteiger partial charge is 0.137 e. The lowest BCUT2D eigenvalue weighted by atomic mass is 10.2. The van der Waals surface area contributed by atoms with Crippen molar-refractivity contribution in [2.24, 2.45) is 0 Å². The predicted octanol–water partition coefficient (Wildman–Crippen LogP) is 3.68. The Morgan fingerprint density at radius 3 is 3.17 bits per heavy atom. The maximum absolute atomic E-state index is 4.28. The molecule has 0 radical (unpaired) electrons. The molecule has 0 unspecified atom stereocenters. The zero-order valence-electron chi connectivity index (χ0n) is 9.61. The largest absolute Gasteiger partial charge is 0.346 e. The van der Waals surface area contributed by atoms with Crippen LogP contribution < -0.4 is 5.32 Å². The maximum Gasteiger partial charge on any atom is 0.137 e. The third-order valence-electron chi connectivity index (χ3n) is 2.77. The number of pyridine rings is 1. The molecule has 0 saturated carbocycles. The normalized spacial score (nSPS) is 11.2. The molecule has 18 heavy (non-hydrogen) atoms. The van der Waals surface area contributed by atoms with Gasteiger partial charge in [0.1, 0.15) is 5.65 Å². The Kier molecular flexibility index (Phi) is 3.45. The second-order valence-corrected chi connectivity index (χ2v) is 5.96. The summed E-state index contributed by atoms with van der Waals surface area (Å²) in [6, 6.07) is 6.21. The fourth-order valence-electron chi connectivity index (χ4n) is 1.93. The first-order chi connectivity index (χ1) is 8.83. The zero-order valence-corrected chi connectivity index (χ0v) is 12.0. The summed E-state index contributed by atoms with van der Waals surface area (Å²) in [4.78, 5) is 8.80. The fourth-order valence-corrected chi connectivity index (χ4v) is 3.35. The quantitative estimate of drug-likeness (QED) is 0.769. The van der Waals surface area contributed by atoms with Crippen molar-refractivity contribution in [3.05, 3.63) is 50.9 Å². The monoisotopic (exact) mass is 321 g/mol. The van der Waals surface area contributed by atoms with Gasteiger partial charge in [-0.05, 0) is 39.7 Å². The average molecular weight is 322 g/mol. The minimum absolute atomic E-state index is 0.848. The number of hydrogen-bond acceptors (Lipinski definition) is 3. The standard InChI is InChI=1S/C13H12BrN3S/c14-10-4-11(18-8-10)7-15-5-9-6-17-13-12(9)2-1-3-16-13/h1-4,6,8,15H,5,7H2,(H,16,17). The Bertz CT molecular complexity index is 659. The first-order valence-electron chi connectivity index (χ1n) is 5.67. The number of nitrogens with one attached hydrogen (secondary N) is 2.